The number of hydrogen-bond donors (Lipinski definition) is 2. The van der Waals surface area contributed by atoms with Crippen LogP contribution in [0.3, 0.4) is 0 Å². The first kappa shape index (κ1) is 21.4. The Labute approximate surface area is 186 Å². The second-order valence-corrected chi connectivity index (χ2v) is 7.89. The molecule has 164 valence electrons. The average Bonchev–Trinajstić information content (AvgIpc) is 3.29. The van der Waals surface area contributed by atoms with E-state index in [9.17, 15) is 9.59 Å². The third-order valence-electron chi connectivity index (χ3n) is 5.64. The van der Waals surface area contributed by atoms with Crippen molar-refractivity contribution in [2.24, 2.45) is 0 Å². The molecule has 7 nitrogen and oxygen atoms in total. The van der Waals surface area contributed by atoms with Gasteiger partial charge in [-0.25, -0.2) is 4.68 Å². The van der Waals surface area contributed by atoms with E-state index in [1.54, 1.807) is 12.1 Å². The van der Waals surface area contributed by atoms with Gasteiger partial charge >= 0.3 is 5.97 Å². The summed E-state index contributed by atoms with van der Waals surface area (Å²) in [5.74, 6) is -0.409. The maximum atomic E-state index is 12.7. The molecule has 32 heavy (non-hydrogen) atoms. The number of carbonyl (C=O) groups is 2. The van der Waals surface area contributed by atoms with Crippen LogP contribution in [0.1, 0.15) is 39.4 Å². The van der Waals surface area contributed by atoms with Gasteiger partial charge in [0.2, 0.25) is 0 Å². The third-order valence-corrected chi connectivity index (χ3v) is 5.64. The molecular formula is C25H26N4O3. The molecule has 0 fully saturated rings. The molecule has 0 saturated heterocycles. The zero-order valence-electron chi connectivity index (χ0n) is 18.7. The van der Waals surface area contributed by atoms with Crippen LogP contribution in [-0.4, -0.2) is 33.8 Å². The summed E-state index contributed by atoms with van der Waals surface area (Å²) in [6.45, 7) is 5.91. The summed E-state index contributed by atoms with van der Waals surface area (Å²) in [4.78, 5) is 27.5. The molecular weight excluding hydrogens is 404 g/mol. The van der Waals surface area contributed by atoms with Gasteiger partial charge in [-0.05, 0) is 81.3 Å². The molecule has 0 aliphatic heterocycles. The smallest absolute Gasteiger partial charge is 0.305 e. The Morgan fingerprint density at radius 3 is 2.53 bits per heavy atom. The molecule has 0 bridgehead atoms. The number of hydrogen-bond acceptors (Lipinski definition) is 4. The van der Waals surface area contributed by atoms with E-state index in [1.165, 1.54) is 7.11 Å². The van der Waals surface area contributed by atoms with Crippen molar-refractivity contribution in [1.82, 2.24) is 14.8 Å². The molecule has 1 amide bonds. The zero-order chi connectivity index (χ0) is 22.8. The van der Waals surface area contributed by atoms with Crippen molar-refractivity contribution in [2.75, 3.05) is 12.4 Å². The van der Waals surface area contributed by atoms with Crippen molar-refractivity contribution >= 4 is 28.5 Å². The summed E-state index contributed by atoms with van der Waals surface area (Å²) in [6, 6.07) is 15.2. The van der Waals surface area contributed by atoms with Crippen LogP contribution < -0.4 is 5.32 Å². The Hall–Kier alpha value is -3.87. The molecule has 4 rings (SSSR count). The molecule has 0 spiro atoms. The van der Waals surface area contributed by atoms with Gasteiger partial charge in [-0.3, -0.25) is 9.59 Å². The third kappa shape index (κ3) is 4.27. The molecule has 2 aromatic carbocycles. The number of aromatic amines is 1. The van der Waals surface area contributed by atoms with Crippen LogP contribution in [0.15, 0.2) is 48.5 Å². The number of ether oxygens (including phenoxy) is 1. The number of esters is 1. The minimum Gasteiger partial charge on any atom is -0.469 e. The Morgan fingerprint density at radius 1 is 1.06 bits per heavy atom. The maximum absolute atomic E-state index is 12.7. The highest BCUT2D eigenvalue weighted by Gasteiger charge is 2.15. The minimum atomic E-state index is -0.238. The lowest BCUT2D eigenvalue weighted by molar-refractivity contribution is -0.140. The number of anilines is 1. The lowest BCUT2D eigenvalue weighted by Gasteiger charge is -2.08. The van der Waals surface area contributed by atoms with Crippen molar-refractivity contribution in [3.63, 3.8) is 0 Å². The number of rotatable bonds is 6. The number of aromatic nitrogens is 3. The van der Waals surface area contributed by atoms with Crippen LogP contribution >= 0.6 is 0 Å². The van der Waals surface area contributed by atoms with Gasteiger partial charge in [0.05, 0.1) is 18.5 Å². The van der Waals surface area contributed by atoms with E-state index >= 15 is 0 Å². The number of nitrogens with one attached hydrogen (secondary N) is 2. The maximum Gasteiger partial charge on any atom is 0.305 e. The predicted molar refractivity (Wildman–Crippen MR) is 124 cm³/mol. The molecule has 2 N–H and O–H groups in total. The molecule has 0 saturated carbocycles. The molecule has 0 radical (unpaired) electrons. The van der Waals surface area contributed by atoms with E-state index in [0.29, 0.717) is 18.4 Å². The highest BCUT2D eigenvalue weighted by atomic mass is 16.5. The number of nitrogens with zero attached hydrogens (tertiary/aromatic N) is 2. The highest BCUT2D eigenvalue weighted by Crippen LogP contribution is 2.22. The van der Waals surface area contributed by atoms with Gasteiger partial charge in [0.25, 0.3) is 5.91 Å². The van der Waals surface area contributed by atoms with Gasteiger partial charge in [-0.15, -0.1) is 0 Å². The molecule has 0 aliphatic carbocycles. The van der Waals surface area contributed by atoms with E-state index in [4.69, 9.17) is 4.74 Å². The number of carbonyl (C=O) groups excluding carboxylic acids is 2. The van der Waals surface area contributed by atoms with Crippen LogP contribution in [0.2, 0.25) is 0 Å². The molecule has 2 aromatic heterocycles. The standard InChI is InChI=1S/C25H26N4O3/c1-15-13-19-14-20(7-11-23(19)26-15)27-25(31)18-5-8-21(9-6-18)29-17(3)22(16(2)28-29)10-12-24(30)32-4/h5-9,11,13-14,26H,10,12H2,1-4H3,(H,27,31). The van der Waals surface area contributed by atoms with Gasteiger partial charge in [-0.1, -0.05) is 0 Å². The number of methoxy groups -OCH3 is 1. The normalized spacial score (nSPS) is 11.0. The van der Waals surface area contributed by atoms with E-state index in [2.05, 4.69) is 15.4 Å². The predicted octanol–water partition coefficient (Wildman–Crippen LogP) is 4.64. The molecule has 0 unspecified atom stereocenters. The lowest BCUT2D eigenvalue weighted by Crippen LogP contribution is -2.12. The van der Waals surface area contributed by atoms with Crippen LogP contribution in [-0.2, 0) is 16.0 Å². The van der Waals surface area contributed by atoms with Gasteiger partial charge in [-0.2, -0.15) is 5.10 Å². The number of benzene rings is 2. The topological polar surface area (TPSA) is 89.0 Å². The summed E-state index contributed by atoms with van der Waals surface area (Å²) >= 11 is 0. The van der Waals surface area contributed by atoms with Crippen LogP contribution in [0, 0.1) is 20.8 Å². The summed E-state index contributed by atoms with van der Waals surface area (Å²) in [5, 5.41) is 8.63. The van der Waals surface area contributed by atoms with Crippen molar-refractivity contribution in [3.05, 3.63) is 76.7 Å². The first-order valence-corrected chi connectivity index (χ1v) is 10.5. The van der Waals surface area contributed by atoms with Crippen molar-refractivity contribution in [1.29, 1.82) is 0 Å². The van der Waals surface area contributed by atoms with Gasteiger partial charge in [0.15, 0.2) is 0 Å². The van der Waals surface area contributed by atoms with Crippen molar-refractivity contribution < 1.29 is 14.3 Å². The number of fused-ring (bicyclic) bond motifs is 1. The fraction of sp³-hybridized carbons (Fsp3) is 0.240. The first-order chi connectivity index (χ1) is 15.4. The fourth-order valence-corrected chi connectivity index (χ4v) is 3.93. The van der Waals surface area contributed by atoms with Gasteiger partial charge in [0, 0.05) is 40.0 Å². The van der Waals surface area contributed by atoms with E-state index in [-0.39, 0.29) is 11.9 Å². The van der Waals surface area contributed by atoms with Crippen LogP contribution in [0.5, 0.6) is 0 Å². The summed E-state index contributed by atoms with van der Waals surface area (Å²) in [7, 11) is 1.39. The van der Waals surface area contributed by atoms with Crippen molar-refractivity contribution in [2.45, 2.75) is 33.6 Å². The number of aryl methyl sites for hydroxylation is 2. The average molecular weight is 431 g/mol. The zero-order valence-corrected chi connectivity index (χ0v) is 18.7. The summed E-state index contributed by atoms with van der Waals surface area (Å²) in [5.41, 5.74) is 7.17. The minimum absolute atomic E-state index is 0.171. The van der Waals surface area contributed by atoms with Gasteiger partial charge < -0.3 is 15.0 Å². The molecule has 2 heterocycles. The van der Waals surface area contributed by atoms with Gasteiger partial charge in [0.1, 0.15) is 0 Å². The SMILES string of the molecule is COC(=O)CCc1c(C)nn(-c2ccc(C(=O)Nc3ccc4[nH]c(C)cc4c3)cc2)c1C. The van der Waals surface area contributed by atoms with E-state index < -0.39 is 0 Å². The largest absolute Gasteiger partial charge is 0.469 e. The van der Waals surface area contributed by atoms with E-state index in [0.717, 1.165) is 44.9 Å². The highest BCUT2D eigenvalue weighted by molar-refractivity contribution is 6.05. The quantitative estimate of drug-likeness (QED) is 0.436. The molecule has 4 aromatic rings. The molecule has 0 atom stereocenters. The number of amides is 1. The van der Waals surface area contributed by atoms with Crippen LogP contribution in [0.25, 0.3) is 16.6 Å². The second kappa shape index (κ2) is 8.70. The fourth-order valence-electron chi connectivity index (χ4n) is 3.93. The summed E-state index contributed by atoms with van der Waals surface area (Å²) < 4.78 is 6.58. The lowest BCUT2D eigenvalue weighted by atomic mass is 10.1. The van der Waals surface area contributed by atoms with E-state index in [1.807, 2.05) is 61.9 Å². The Bertz CT molecular complexity index is 1300. The Kier molecular flexibility index (Phi) is 5.81. The second-order valence-electron chi connectivity index (χ2n) is 7.89. The molecule has 7 heteroatoms. The monoisotopic (exact) mass is 430 g/mol. The first-order valence-electron chi connectivity index (χ1n) is 10.5. The van der Waals surface area contributed by atoms with Crippen LogP contribution in [0.4, 0.5) is 5.69 Å². The Balaban J connectivity index is 1.50. The van der Waals surface area contributed by atoms with Crippen molar-refractivity contribution in [3.8, 4) is 5.69 Å². The number of H-pyrrole nitrogens is 1. The Morgan fingerprint density at radius 2 is 1.81 bits per heavy atom. The molecule has 0 aliphatic rings. The summed E-state index contributed by atoms with van der Waals surface area (Å²) in [6.07, 6.45) is 0.896.